The van der Waals surface area contributed by atoms with E-state index in [0.717, 1.165) is 17.4 Å². The van der Waals surface area contributed by atoms with Crippen LogP contribution in [0, 0.1) is 6.92 Å². The Labute approximate surface area is 223 Å². The third kappa shape index (κ3) is 5.23. The molecule has 2 heterocycles. The van der Waals surface area contributed by atoms with Gasteiger partial charge in [-0.25, -0.2) is 26.9 Å². The molecule has 5 rings (SSSR count). The van der Waals surface area contributed by atoms with Crippen LogP contribution in [0.5, 0.6) is 0 Å². The molecule has 0 amide bonds. The SMILES string of the molecule is Cc1nc(C(F)F)cn1-c1ccc(-c2cccc(S(C)(=O)=O)c2)cc1-c1cnnn1Cc1ccc(Cl)cc1. The minimum absolute atomic E-state index is 0.196. The van der Waals surface area contributed by atoms with E-state index in [0.29, 0.717) is 39.9 Å². The van der Waals surface area contributed by atoms with E-state index in [-0.39, 0.29) is 10.6 Å². The van der Waals surface area contributed by atoms with Crippen molar-refractivity contribution in [2.75, 3.05) is 6.26 Å². The molecular formula is C27H22ClF2N5O2S. The molecule has 11 heteroatoms. The van der Waals surface area contributed by atoms with Crippen LogP contribution in [-0.2, 0) is 16.4 Å². The van der Waals surface area contributed by atoms with E-state index in [1.165, 1.54) is 6.20 Å². The molecule has 0 saturated heterocycles. The van der Waals surface area contributed by atoms with Gasteiger partial charge in [0.05, 0.1) is 29.0 Å². The number of halogens is 3. The Bertz CT molecular complexity index is 1730. The lowest BCUT2D eigenvalue weighted by atomic mass is 10.00. The molecular weight excluding hydrogens is 532 g/mol. The summed E-state index contributed by atoms with van der Waals surface area (Å²) in [6.45, 7) is 2.05. The molecule has 2 aromatic heterocycles. The second-order valence-corrected chi connectivity index (χ2v) is 11.3. The summed E-state index contributed by atoms with van der Waals surface area (Å²) in [5, 5.41) is 8.99. The Hall–Kier alpha value is -3.89. The highest BCUT2D eigenvalue weighted by Gasteiger charge is 2.20. The van der Waals surface area contributed by atoms with Gasteiger partial charge in [0, 0.05) is 23.0 Å². The molecule has 0 fully saturated rings. The quantitative estimate of drug-likeness (QED) is 0.241. The van der Waals surface area contributed by atoms with Crippen molar-refractivity contribution in [3.63, 3.8) is 0 Å². The van der Waals surface area contributed by atoms with Crippen LogP contribution in [0.3, 0.4) is 0 Å². The molecule has 0 saturated carbocycles. The van der Waals surface area contributed by atoms with E-state index in [4.69, 9.17) is 11.6 Å². The highest BCUT2D eigenvalue weighted by atomic mass is 35.5. The minimum Gasteiger partial charge on any atom is -0.303 e. The highest BCUT2D eigenvalue weighted by molar-refractivity contribution is 7.90. The molecule has 5 aromatic rings. The maximum Gasteiger partial charge on any atom is 0.281 e. The normalized spacial score (nSPS) is 11.8. The van der Waals surface area contributed by atoms with Crippen molar-refractivity contribution in [3.8, 4) is 28.1 Å². The van der Waals surface area contributed by atoms with Crippen LogP contribution in [0.4, 0.5) is 8.78 Å². The summed E-state index contributed by atoms with van der Waals surface area (Å²) in [7, 11) is -3.41. The zero-order valence-corrected chi connectivity index (χ0v) is 22.0. The fraction of sp³-hybridized carbons (Fsp3) is 0.148. The molecule has 7 nitrogen and oxygen atoms in total. The van der Waals surface area contributed by atoms with Gasteiger partial charge < -0.3 is 4.57 Å². The lowest BCUT2D eigenvalue weighted by Gasteiger charge is -2.15. The topological polar surface area (TPSA) is 82.7 Å². The summed E-state index contributed by atoms with van der Waals surface area (Å²) in [6, 6.07) is 19.5. The molecule has 0 radical (unpaired) electrons. The van der Waals surface area contributed by atoms with Crippen LogP contribution in [0.15, 0.2) is 84.0 Å². The number of hydrogen-bond donors (Lipinski definition) is 0. The molecule has 0 unspecified atom stereocenters. The second kappa shape index (κ2) is 10.1. The van der Waals surface area contributed by atoms with Crippen LogP contribution < -0.4 is 0 Å². The number of hydrogen-bond acceptors (Lipinski definition) is 5. The van der Waals surface area contributed by atoms with Gasteiger partial charge in [-0.3, -0.25) is 0 Å². The fourth-order valence-electron chi connectivity index (χ4n) is 4.23. The third-order valence-electron chi connectivity index (χ3n) is 6.12. The molecule has 0 atom stereocenters. The number of alkyl halides is 2. The summed E-state index contributed by atoms with van der Waals surface area (Å²) in [5.74, 6) is 0.394. The average Bonchev–Trinajstić information content (AvgIpc) is 3.51. The maximum atomic E-state index is 13.4. The summed E-state index contributed by atoms with van der Waals surface area (Å²) >= 11 is 6.03. The first-order valence-corrected chi connectivity index (χ1v) is 13.8. The minimum atomic E-state index is -3.41. The highest BCUT2D eigenvalue weighted by Crippen LogP contribution is 2.34. The van der Waals surface area contributed by atoms with Gasteiger partial charge in [0.25, 0.3) is 6.43 Å². The van der Waals surface area contributed by atoms with Crippen molar-refractivity contribution in [2.45, 2.75) is 24.8 Å². The van der Waals surface area contributed by atoms with Gasteiger partial charge in [-0.2, -0.15) is 0 Å². The van der Waals surface area contributed by atoms with Crippen molar-refractivity contribution >= 4 is 21.4 Å². The van der Waals surface area contributed by atoms with Crippen molar-refractivity contribution in [1.29, 1.82) is 0 Å². The molecule has 38 heavy (non-hydrogen) atoms. The zero-order chi connectivity index (χ0) is 27.0. The lowest BCUT2D eigenvalue weighted by Crippen LogP contribution is -2.06. The van der Waals surface area contributed by atoms with Gasteiger partial charge in [0.1, 0.15) is 11.5 Å². The summed E-state index contributed by atoms with van der Waals surface area (Å²) in [4.78, 5) is 4.22. The summed E-state index contributed by atoms with van der Waals surface area (Å²) in [6.07, 6.45) is 1.36. The van der Waals surface area contributed by atoms with Crippen LogP contribution in [0.25, 0.3) is 28.1 Å². The number of imidazole rings is 1. The molecule has 0 aliphatic rings. The zero-order valence-electron chi connectivity index (χ0n) is 20.4. The van der Waals surface area contributed by atoms with Gasteiger partial charge in [-0.15, -0.1) is 5.10 Å². The Morgan fingerprint density at radius 1 is 1.00 bits per heavy atom. The standard InChI is InChI=1S/C27H22ClF2N5O2S/c1-17-32-24(27(29)30)16-34(17)25-11-8-20(19-4-3-5-22(12-19)38(2,36)37)13-23(25)26-14-31-33-35(26)15-18-6-9-21(28)10-7-18/h3-14,16,27H,15H2,1-2H3. The average molecular weight is 554 g/mol. The van der Waals surface area contributed by atoms with E-state index in [2.05, 4.69) is 15.3 Å². The van der Waals surface area contributed by atoms with Crippen molar-refractivity contribution in [1.82, 2.24) is 24.5 Å². The monoisotopic (exact) mass is 553 g/mol. The molecule has 0 aliphatic heterocycles. The number of nitrogens with zero attached hydrogens (tertiary/aromatic N) is 5. The van der Waals surface area contributed by atoms with Gasteiger partial charge in [-0.05, 0) is 60.0 Å². The molecule has 194 valence electrons. The van der Waals surface area contributed by atoms with E-state index in [9.17, 15) is 17.2 Å². The smallest absolute Gasteiger partial charge is 0.281 e. The second-order valence-electron chi connectivity index (χ2n) is 8.82. The molecule has 0 bridgehead atoms. The molecule has 0 N–H and O–H groups in total. The van der Waals surface area contributed by atoms with Crippen LogP contribution in [0.2, 0.25) is 5.02 Å². The number of aryl methyl sites for hydroxylation is 1. The molecule has 0 aliphatic carbocycles. The van der Waals surface area contributed by atoms with Gasteiger partial charge in [0.2, 0.25) is 0 Å². The summed E-state index contributed by atoms with van der Waals surface area (Å²) < 4.78 is 54.5. The number of rotatable bonds is 7. The number of sulfone groups is 1. The van der Waals surface area contributed by atoms with Gasteiger partial charge in [-0.1, -0.05) is 47.1 Å². The van der Waals surface area contributed by atoms with Crippen LogP contribution in [-0.4, -0.2) is 39.2 Å². The first-order chi connectivity index (χ1) is 18.1. The first-order valence-electron chi connectivity index (χ1n) is 11.5. The number of benzene rings is 3. The Kier molecular flexibility index (Phi) is 6.85. The maximum absolute atomic E-state index is 13.4. The van der Waals surface area contributed by atoms with Crippen molar-refractivity contribution < 1.29 is 17.2 Å². The van der Waals surface area contributed by atoms with E-state index in [1.807, 2.05) is 30.3 Å². The van der Waals surface area contributed by atoms with E-state index >= 15 is 0 Å². The van der Waals surface area contributed by atoms with Crippen LogP contribution >= 0.6 is 11.6 Å². The third-order valence-corrected chi connectivity index (χ3v) is 7.48. The van der Waals surface area contributed by atoms with E-state index < -0.39 is 16.3 Å². The Balaban J connectivity index is 1.68. The summed E-state index contributed by atoms with van der Waals surface area (Å²) in [5.41, 5.74) is 3.94. The van der Waals surface area contributed by atoms with Crippen molar-refractivity contribution in [3.05, 3.63) is 101 Å². The van der Waals surface area contributed by atoms with Gasteiger partial charge in [0.15, 0.2) is 9.84 Å². The first kappa shape index (κ1) is 25.7. The predicted octanol–water partition coefficient (Wildman–Crippen LogP) is 6.15. The van der Waals surface area contributed by atoms with Crippen LogP contribution in [0.1, 0.15) is 23.5 Å². The largest absolute Gasteiger partial charge is 0.303 e. The fourth-order valence-corrected chi connectivity index (χ4v) is 5.02. The van der Waals surface area contributed by atoms with E-state index in [1.54, 1.807) is 58.8 Å². The predicted molar refractivity (Wildman–Crippen MR) is 141 cm³/mol. The molecule has 0 spiro atoms. The van der Waals surface area contributed by atoms with Crippen molar-refractivity contribution in [2.24, 2.45) is 0 Å². The Morgan fingerprint density at radius 2 is 1.74 bits per heavy atom. The Morgan fingerprint density at radius 3 is 2.42 bits per heavy atom. The lowest BCUT2D eigenvalue weighted by molar-refractivity contribution is 0.146. The molecule has 3 aromatic carbocycles. The van der Waals surface area contributed by atoms with Gasteiger partial charge >= 0.3 is 0 Å². The number of aromatic nitrogens is 5.